The predicted octanol–water partition coefficient (Wildman–Crippen LogP) is 4.49. The summed E-state index contributed by atoms with van der Waals surface area (Å²) in [7, 11) is 0. The molecule has 2 heterocycles. The van der Waals surface area contributed by atoms with E-state index in [1.54, 1.807) is 11.3 Å². The van der Waals surface area contributed by atoms with Gasteiger partial charge in [0.2, 0.25) is 0 Å². The second-order valence-corrected chi connectivity index (χ2v) is 9.80. The average Bonchev–Trinajstić information content (AvgIpc) is 3.25. The molecule has 2 aromatic rings. The highest BCUT2D eigenvalue weighted by Gasteiger charge is 2.34. The molecule has 4 rings (SSSR count). The molecule has 0 spiro atoms. The van der Waals surface area contributed by atoms with E-state index in [9.17, 15) is 9.90 Å². The lowest BCUT2D eigenvalue weighted by molar-refractivity contribution is 0.0696. The Hall–Kier alpha value is -1.89. The number of rotatable bonds is 5. The van der Waals surface area contributed by atoms with Crippen LogP contribution in [-0.4, -0.2) is 30.3 Å². The lowest BCUT2D eigenvalue weighted by atomic mass is 9.76. The molecule has 150 valence electrons. The highest BCUT2D eigenvalue weighted by atomic mass is 32.1. The Bertz CT molecular complexity index is 890. The van der Waals surface area contributed by atoms with Crippen LogP contribution in [0.2, 0.25) is 0 Å². The van der Waals surface area contributed by atoms with E-state index in [1.807, 2.05) is 12.1 Å². The summed E-state index contributed by atoms with van der Waals surface area (Å²) in [6.07, 6.45) is 5.01. The molecular weight excluding hydrogens is 372 g/mol. The molecule has 3 N–H and O–H groups in total. The van der Waals surface area contributed by atoms with E-state index in [1.165, 1.54) is 4.88 Å². The van der Waals surface area contributed by atoms with Crippen LogP contribution in [0.3, 0.4) is 0 Å². The van der Waals surface area contributed by atoms with Gasteiger partial charge in [0.05, 0.1) is 23.1 Å². The second kappa shape index (κ2) is 7.50. The number of carboxylic acids is 1. The van der Waals surface area contributed by atoms with E-state index in [4.69, 9.17) is 10.7 Å². The maximum absolute atomic E-state index is 12.3. The number of hydrogen-bond donors (Lipinski definition) is 2. The Labute approximate surface area is 170 Å². The number of aromatic carboxylic acids is 1. The summed E-state index contributed by atoms with van der Waals surface area (Å²) in [4.78, 5) is 21.7. The van der Waals surface area contributed by atoms with Gasteiger partial charge in [-0.2, -0.15) is 0 Å². The zero-order valence-corrected chi connectivity index (χ0v) is 17.3. The summed E-state index contributed by atoms with van der Waals surface area (Å²) in [6.45, 7) is 5.88. The first-order valence-corrected chi connectivity index (χ1v) is 10.8. The van der Waals surface area contributed by atoms with Gasteiger partial charge in [0.15, 0.2) is 0 Å². The van der Waals surface area contributed by atoms with E-state index in [0.717, 1.165) is 60.3 Å². The fourth-order valence-electron chi connectivity index (χ4n) is 4.69. The smallest absolute Gasteiger partial charge is 0.337 e. The van der Waals surface area contributed by atoms with E-state index < -0.39 is 5.97 Å². The van der Waals surface area contributed by atoms with E-state index in [2.05, 4.69) is 30.9 Å². The Morgan fingerprint density at radius 1 is 1.39 bits per heavy atom. The van der Waals surface area contributed by atoms with Gasteiger partial charge in [-0.15, -0.1) is 11.3 Å². The summed E-state index contributed by atoms with van der Waals surface area (Å²) in [5.74, 6) is 4.53. The molecule has 0 bridgehead atoms. The largest absolute Gasteiger partial charge is 0.478 e. The Morgan fingerprint density at radius 3 is 2.93 bits per heavy atom. The van der Waals surface area contributed by atoms with Crippen molar-refractivity contribution >= 4 is 23.0 Å². The lowest BCUT2D eigenvalue weighted by Crippen LogP contribution is -2.34. The predicted molar refractivity (Wildman–Crippen MR) is 113 cm³/mol. The van der Waals surface area contributed by atoms with Crippen molar-refractivity contribution in [2.45, 2.75) is 52.0 Å². The van der Waals surface area contributed by atoms with E-state index >= 15 is 0 Å². The molecule has 1 aromatic heterocycles. The molecule has 0 saturated carbocycles. The number of carbonyl (C=O) groups is 1. The van der Waals surface area contributed by atoms with Crippen LogP contribution in [0.4, 0.5) is 5.69 Å². The van der Waals surface area contributed by atoms with Crippen molar-refractivity contribution < 1.29 is 14.7 Å². The average molecular weight is 401 g/mol. The fraction of sp³-hybridized carbons (Fsp3) is 0.500. The molecule has 1 atom stereocenters. The zero-order valence-electron chi connectivity index (χ0n) is 16.5. The summed E-state index contributed by atoms with van der Waals surface area (Å²) >= 11 is 1.67. The van der Waals surface area contributed by atoms with Gasteiger partial charge in [-0.05, 0) is 49.1 Å². The van der Waals surface area contributed by atoms with Crippen molar-refractivity contribution in [2.75, 3.05) is 18.1 Å². The highest BCUT2D eigenvalue weighted by Crippen LogP contribution is 2.47. The van der Waals surface area contributed by atoms with Crippen molar-refractivity contribution in [3.05, 3.63) is 40.3 Å². The van der Waals surface area contributed by atoms with Crippen LogP contribution >= 0.6 is 11.3 Å². The molecule has 0 amide bonds. The number of benzene rings is 1. The number of hydrogen-bond acceptors (Lipinski definition) is 5. The normalized spacial score (nSPS) is 21.0. The maximum atomic E-state index is 12.3. The van der Waals surface area contributed by atoms with Crippen molar-refractivity contribution in [2.24, 2.45) is 11.3 Å². The van der Waals surface area contributed by atoms with Gasteiger partial charge in [0, 0.05) is 22.7 Å². The van der Waals surface area contributed by atoms with Crippen molar-refractivity contribution in [3.8, 4) is 10.4 Å². The minimum Gasteiger partial charge on any atom is -0.478 e. The van der Waals surface area contributed by atoms with Crippen LogP contribution in [0.1, 0.15) is 53.9 Å². The zero-order chi connectivity index (χ0) is 19.9. The van der Waals surface area contributed by atoms with Gasteiger partial charge in [-0.25, -0.2) is 10.7 Å². The third-order valence-corrected chi connectivity index (χ3v) is 7.44. The first kappa shape index (κ1) is 19.4. The number of aryl methyl sites for hydroxylation is 1. The van der Waals surface area contributed by atoms with Gasteiger partial charge in [0.25, 0.3) is 0 Å². The molecular formula is C22H28N2O3S. The maximum Gasteiger partial charge on any atom is 0.337 e. The van der Waals surface area contributed by atoms with Crippen molar-refractivity contribution in [1.29, 1.82) is 0 Å². The van der Waals surface area contributed by atoms with Gasteiger partial charge in [0.1, 0.15) is 0 Å². The van der Waals surface area contributed by atoms with E-state index in [-0.39, 0.29) is 11.5 Å². The van der Waals surface area contributed by atoms with Crippen molar-refractivity contribution in [3.63, 3.8) is 0 Å². The SMILES string of the molecule is CC1(C)CCc2sc(-c3ccccc3N3CCC[C@H]3CON)c(C(=O)O)c2C1. The first-order valence-electron chi connectivity index (χ1n) is 9.97. The number of nitrogens with two attached hydrogens (primary N) is 1. The van der Waals surface area contributed by atoms with E-state index in [0.29, 0.717) is 12.2 Å². The molecule has 0 radical (unpaired) electrons. The molecule has 1 aliphatic heterocycles. The molecule has 6 heteroatoms. The van der Waals surface area contributed by atoms with Gasteiger partial charge >= 0.3 is 5.97 Å². The van der Waals surface area contributed by atoms with Crippen LogP contribution in [0.5, 0.6) is 0 Å². The molecule has 1 aromatic carbocycles. The summed E-state index contributed by atoms with van der Waals surface area (Å²) < 4.78 is 0. The lowest BCUT2D eigenvalue weighted by Gasteiger charge is -2.29. The fourth-order valence-corrected chi connectivity index (χ4v) is 6.03. The molecule has 5 nitrogen and oxygen atoms in total. The number of fused-ring (bicyclic) bond motifs is 1. The van der Waals surface area contributed by atoms with Crippen LogP contribution in [0, 0.1) is 5.41 Å². The molecule has 2 aliphatic rings. The Kier molecular flexibility index (Phi) is 5.21. The Balaban J connectivity index is 1.83. The molecule has 28 heavy (non-hydrogen) atoms. The number of anilines is 1. The third-order valence-electron chi connectivity index (χ3n) is 6.11. The Morgan fingerprint density at radius 2 is 2.18 bits per heavy atom. The van der Waals surface area contributed by atoms with Gasteiger partial charge in [-0.1, -0.05) is 32.0 Å². The standard InChI is InChI=1S/C22H28N2O3S/c1-22(2)10-9-18-16(12-22)19(21(25)26)20(28-18)15-7-3-4-8-17(15)24-11-5-6-14(24)13-27-23/h3-4,7-8,14H,5-6,9-13,23H2,1-2H3,(H,25,26)/t14-/m0/s1. The number of para-hydroxylation sites is 1. The number of nitrogens with zero attached hydrogens (tertiary/aromatic N) is 1. The van der Waals surface area contributed by atoms with Crippen LogP contribution in [-0.2, 0) is 17.7 Å². The molecule has 1 aliphatic carbocycles. The van der Waals surface area contributed by atoms with Crippen LogP contribution < -0.4 is 10.8 Å². The second-order valence-electron chi connectivity index (χ2n) is 8.69. The molecule has 1 saturated heterocycles. The van der Waals surface area contributed by atoms with Gasteiger partial charge in [-0.3, -0.25) is 0 Å². The van der Waals surface area contributed by atoms with Gasteiger partial charge < -0.3 is 14.8 Å². The highest BCUT2D eigenvalue weighted by molar-refractivity contribution is 7.16. The summed E-state index contributed by atoms with van der Waals surface area (Å²) in [5, 5.41) is 10.1. The topological polar surface area (TPSA) is 75.8 Å². The molecule has 1 fully saturated rings. The first-order chi connectivity index (χ1) is 13.4. The third kappa shape index (κ3) is 3.45. The molecule has 0 unspecified atom stereocenters. The minimum atomic E-state index is -0.816. The van der Waals surface area contributed by atoms with Crippen LogP contribution in [0.15, 0.2) is 24.3 Å². The van der Waals surface area contributed by atoms with Crippen LogP contribution in [0.25, 0.3) is 10.4 Å². The monoisotopic (exact) mass is 400 g/mol. The van der Waals surface area contributed by atoms with Crippen molar-refractivity contribution in [1.82, 2.24) is 0 Å². The minimum absolute atomic E-state index is 0.146. The quantitative estimate of drug-likeness (QED) is 0.724. The summed E-state index contributed by atoms with van der Waals surface area (Å²) in [6, 6.07) is 8.40. The number of carboxylic acid groups (broad SMARTS) is 1. The summed E-state index contributed by atoms with van der Waals surface area (Å²) in [5.41, 5.74) is 3.80. The number of thiophene rings is 1.